The Morgan fingerprint density at radius 3 is 2.37 bits per heavy atom. The van der Waals surface area contributed by atoms with Crippen LogP contribution >= 0.6 is 15.9 Å². The van der Waals surface area contributed by atoms with Gasteiger partial charge in [-0.25, -0.2) is 0 Å². The number of amides is 2. The molecule has 0 unspecified atom stereocenters. The third kappa shape index (κ3) is 4.91. The lowest BCUT2D eigenvalue weighted by Crippen LogP contribution is -2.53. The van der Waals surface area contributed by atoms with Crippen LogP contribution in [0.1, 0.15) is 55.3 Å². The van der Waals surface area contributed by atoms with Crippen LogP contribution in [0, 0.1) is 5.92 Å². The van der Waals surface area contributed by atoms with Gasteiger partial charge in [0, 0.05) is 30.2 Å². The number of likely N-dealkylation sites (tertiary alicyclic amines) is 1. The van der Waals surface area contributed by atoms with Gasteiger partial charge < -0.3 is 15.0 Å². The van der Waals surface area contributed by atoms with Gasteiger partial charge in [-0.3, -0.25) is 9.59 Å². The van der Waals surface area contributed by atoms with Gasteiger partial charge in [-0.2, -0.15) is 0 Å². The van der Waals surface area contributed by atoms with Gasteiger partial charge in [0.15, 0.2) is 0 Å². The van der Waals surface area contributed by atoms with E-state index in [1.54, 1.807) is 12.1 Å². The van der Waals surface area contributed by atoms with E-state index >= 15 is 0 Å². The highest BCUT2D eigenvalue weighted by molar-refractivity contribution is 9.10. The van der Waals surface area contributed by atoms with E-state index in [9.17, 15) is 9.59 Å². The summed E-state index contributed by atoms with van der Waals surface area (Å²) in [7, 11) is 1.82. The Labute approximate surface area is 170 Å². The molecule has 27 heavy (non-hydrogen) atoms. The Morgan fingerprint density at radius 2 is 1.78 bits per heavy atom. The number of methoxy groups -OCH3 is 1. The zero-order chi connectivity index (χ0) is 19.3. The summed E-state index contributed by atoms with van der Waals surface area (Å²) in [4.78, 5) is 26.6. The second-order valence-electron chi connectivity index (χ2n) is 7.67. The largest absolute Gasteiger partial charge is 0.378 e. The lowest BCUT2D eigenvalue weighted by atomic mass is 9.72. The van der Waals surface area contributed by atoms with Crippen molar-refractivity contribution < 1.29 is 14.3 Å². The van der Waals surface area contributed by atoms with E-state index in [1.807, 2.05) is 24.1 Å². The molecular formula is C21H29BrN2O3. The fourth-order valence-corrected chi connectivity index (χ4v) is 4.78. The van der Waals surface area contributed by atoms with Gasteiger partial charge in [0.2, 0.25) is 5.91 Å². The van der Waals surface area contributed by atoms with E-state index in [0.717, 1.165) is 17.3 Å². The van der Waals surface area contributed by atoms with Crippen LogP contribution in [-0.4, -0.2) is 49.1 Å². The third-order valence-electron chi connectivity index (χ3n) is 6.22. The minimum atomic E-state index is -0.221. The summed E-state index contributed by atoms with van der Waals surface area (Å²) in [6.07, 6.45) is 8.18. The number of carbonyl (C=O) groups is 2. The highest BCUT2D eigenvalue weighted by Gasteiger charge is 2.42. The normalized spacial score (nSPS) is 20.3. The van der Waals surface area contributed by atoms with Crippen LogP contribution in [0.25, 0.3) is 0 Å². The summed E-state index contributed by atoms with van der Waals surface area (Å²) in [5, 5.41) is 2.74. The Balaban J connectivity index is 1.49. The standard InChI is InChI=1S/C21H29BrN2O3/c1-27-21(17-5-3-2-4-6-17)11-13-24(14-12-21)19(25)15-23-20(26)16-7-9-18(22)10-8-16/h7-10,17H,2-6,11-15H2,1H3,(H,23,26). The SMILES string of the molecule is COC1(C2CCCCC2)CCN(C(=O)CNC(=O)c2ccc(Br)cc2)CC1. The molecule has 6 heteroatoms. The molecule has 1 aromatic rings. The monoisotopic (exact) mass is 436 g/mol. The Bertz CT molecular complexity index is 648. The van der Waals surface area contributed by atoms with E-state index < -0.39 is 0 Å². The van der Waals surface area contributed by atoms with E-state index in [0.29, 0.717) is 24.6 Å². The molecule has 0 atom stereocenters. The summed E-state index contributed by atoms with van der Waals surface area (Å²) in [6.45, 7) is 1.45. The van der Waals surface area contributed by atoms with Crippen LogP contribution < -0.4 is 5.32 Å². The first-order valence-electron chi connectivity index (χ1n) is 9.91. The van der Waals surface area contributed by atoms with E-state index in [-0.39, 0.29) is 24.0 Å². The molecule has 5 nitrogen and oxygen atoms in total. The van der Waals surface area contributed by atoms with E-state index in [1.165, 1.54) is 32.1 Å². The van der Waals surface area contributed by atoms with Crippen LogP contribution in [-0.2, 0) is 9.53 Å². The zero-order valence-corrected chi connectivity index (χ0v) is 17.6. The molecule has 0 spiro atoms. The molecule has 0 aromatic heterocycles. The number of carbonyl (C=O) groups excluding carboxylic acids is 2. The van der Waals surface area contributed by atoms with E-state index in [4.69, 9.17) is 4.74 Å². The van der Waals surface area contributed by atoms with Crippen molar-refractivity contribution in [3.05, 3.63) is 34.3 Å². The third-order valence-corrected chi connectivity index (χ3v) is 6.75. The van der Waals surface area contributed by atoms with Crippen molar-refractivity contribution in [3.63, 3.8) is 0 Å². The van der Waals surface area contributed by atoms with Crippen molar-refractivity contribution >= 4 is 27.7 Å². The number of nitrogens with one attached hydrogen (secondary N) is 1. The number of piperidine rings is 1. The fourth-order valence-electron chi connectivity index (χ4n) is 4.51. The minimum Gasteiger partial charge on any atom is -0.378 e. The smallest absolute Gasteiger partial charge is 0.251 e. The maximum absolute atomic E-state index is 12.5. The molecule has 148 valence electrons. The molecule has 0 radical (unpaired) electrons. The molecule has 2 aliphatic rings. The molecular weight excluding hydrogens is 408 g/mol. The first kappa shape index (κ1) is 20.3. The van der Waals surface area contributed by atoms with Gasteiger partial charge in [0.1, 0.15) is 0 Å². The zero-order valence-electron chi connectivity index (χ0n) is 16.0. The number of hydrogen-bond donors (Lipinski definition) is 1. The molecule has 1 N–H and O–H groups in total. The lowest BCUT2D eigenvalue weighted by Gasteiger charge is -2.47. The minimum absolute atomic E-state index is 0.0196. The number of nitrogens with zero attached hydrogens (tertiary/aromatic N) is 1. The molecule has 0 bridgehead atoms. The second-order valence-corrected chi connectivity index (χ2v) is 8.59. The predicted octanol–water partition coefficient (Wildman–Crippen LogP) is 3.77. The maximum Gasteiger partial charge on any atom is 0.251 e. The summed E-state index contributed by atoms with van der Waals surface area (Å²) in [5.41, 5.74) is 0.484. The van der Waals surface area contributed by atoms with Crippen LogP contribution in [0.4, 0.5) is 0 Å². The Kier molecular flexibility index (Phi) is 6.93. The summed E-state index contributed by atoms with van der Waals surface area (Å²) >= 11 is 3.35. The molecule has 1 aromatic carbocycles. The number of halogens is 1. The summed E-state index contributed by atoms with van der Waals surface area (Å²) in [5.74, 6) is 0.376. The molecule has 1 saturated carbocycles. The molecule has 1 saturated heterocycles. The van der Waals surface area contributed by atoms with Gasteiger partial charge >= 0.3 is 0 Å². The molecule has 2 amide bonds. The van der Waals surface area contributed by atoms with Gasteiger partial charge in [-0.15, -0.1) is 0 Å². The number of hydrogen-bond acceptors (Lipinski definition) is 3. The van der Waals surface area contributed by atoms with Crippen molar-refractivity contribution in [2.75, 3.05) is 26.7 Å². The molecule has 1 aliphatic carbocycles. The molecule has 2 fully saturated rings. The van der Waals surface area contributed by atoms with Crippen molar-refractivity contribution in [1.29, 1.82) is 0 Å². The number of ether oxygens (including phenoxy) is 1. The van der Waals surface area contributed by atoms with Crippen molar-refractivity contribution in [1.82, 2.24) is 10.2 Å². The van der Waals surface area contributed by atoms with E-state index in [2.05, 4.69) is 21.2 Å². The predicted molar refractivity (Wildman–Crippen MR) is 109 cm³/mol. The Morgan fingerprint density at radius 1 is 1.15 bits per heavy atom. The van der Waals surface area contributed by atoms with Gasteiger partial charge in [-0.1, -0.05) is 35.2 Å². The molecule has 3 rings (SSSR count). The first-order valence-corrected chi connectivity index (χ1v) is 10.7. The van der Waals surface area contributed by atoms with Gasteiger partial charge in [0.25, 0.3) is 5.91 Å². The molecule has 1 heterocycles. The number of rotatable bonds is 5. The highest BCUT2D eigenvalue weighted by Crippen LogP contribution is 2.41. The van der Waals surface area contributed by atoms with Crippen LogP contribution in [0.2, 0.25) is 0 Å². The fraction of sp³-hybridized carbons (Fsp3) is 0.619. The average molecular weight is 437 g/mol. The van der Waals surface area contributed by atoms with Gasteiger partial charge in [-0.05, 0) is 55.9 Å². The highest BCUT2D eigenvalue weighted by atomic mass is 79.9. The van der Waals surface area contributed by atoms with Crippen LogP contribution in [0.5, 0.6) is 0 Å². The second kappa shape index (κ2) is 9.20. The summed E-state index contributed by atoms with van der Waals surface area (Å²) < 4.78 is 6.92. The maximum atomic E-state index is 12.5. The summed E-state index contributed by atoms with van der Waals surface area (Å²) in [6, 6.07) is 7.11. The van der Waals surface area contributed by atoms with Gasteiger partial charge in [0.05, 0.1) is 12.1 Å². The Hall–Kier alpha value is -1.40. The molecule has 1 aliphatic heterocycles. The van der Waals surface area contributed by atoms with Crippen LogP contribution in [0.15, 0.2) is 28.7 Å². The van der Waals surface area contributed by atoms with Crippen LogP contribution in [0.3, 0.4) is 0 Å². The lowest BCUT2D eigenvalue weighted by molar-refractivity contribution is -0.141. The van der Waals surface area contributed by atoms with Crippen molar-refractivity contribution in [2.24, 2.45) is 5.92 Å². The average Bonchev–Trinajstić information content (AvgIpc) is 2.73. The van der Waals surface area contributed by atoms with Crippen molar-refractivity contribution in [2.45, 2.75) is 50.5 Å². The quantitative estimate of drug-likeness (QED) is 0.763. The topological polar surface area (TPSA) is 58.6 Å². The first-order chi connectivity index (χ1) is 13.0. The number of benzene rings is 1. The van der Waals surface area contributed by atoms with Crippen molar-refractivity contribution in [3.8, 4) is 0 Å².